The number of thiazole rings is 1. The molecule has 1 aromatic heterocycles. The van der Waals surface area contributed by atoms with Crippen molar-refractivity contribution in [2.24, 2.45) is 7.05 Å². The lowest BCUT2D eigenvalue weighted by Gasteiger charge is -2.23. The van der Waals surface area contributed by atoms with Crippen molar-refractivity contribution in [3.05, 3.63) is 59.8 Å². The molecule has 0 saturated heterocycles. The van der Waals surface area contributed by atoms with E-state index < -0.39 is 0 Å². The molecule has 2 nitrogen and oxygen atoms in total. The van der Waals surface area contributed by atoms with Gasteiger partial charge in [-0.25, -0.2) is 0 Å². The molecule has 2 aromatic rings. The van der Waals surface area contributed by atoms with Crippen LogP contribution < -0.4 is 9.47 Å². The minimum atomic E-state index is 0.942. The molecule has 3 heteroatoms. The molecule has 0 spiro atoms. The van der Waals surface area contributed by atoms with Crippen LogP contribution in [0.25, 0.3) is 10.6 Å². The first-order valence-corrected chi connectivity index (χ1v) is 7.28. The van der Waals surface area contributed by atoms with Crippen LogP contribution in [0.3, 0.4) is 0 Å². The Bertz CT molecular complexity index is 653. The summed E-state index contributed by atoms with van der Waals surface area (Å²) in [6.07, 6.45) is 10.6. The fourth-order valence-corrected chi connectivity index (χ4v) is 3.35. The molecule has 19 heavy (non-hydrogen) atoms. The Kier molecular flexibility index (Phi) is 3.22. The van der Waals surface area contributed by atoms with E-state index in [1.54, 1.807) is 11.3 Å². The summed E-state index contributed by atoms with van der Waals surface area (Å²) in [5, 5.41) is 3.43. The van der Waals surface area contributed by atoms with Crippen molar-refractivity contribution in [3.63, 3.8) is 0 Å². The zero-order valence-corrected chi connectivity index (χ0v) is 12.0. The second-order valence-electron chi connectivity index (χ2n) is 4.69. The van der Waals surface area contributed by atoms with Crippen LogP contribution in [-0.2, 0) is 7.05 Å². The summed E-state index contributed by atoms with van der Waals surface area (Å²) < 4.78 is 2.18. The lowest BCUT2D eigenvalue weighted by Crippen LogP contribution is -2.27. The highest BCUT2D eigenvalue weighted by Gasteiger charge is 2.17. The normalized spacial score (nSPS) is 14.1. The van der Waals surface area contributed by atoms with Gasteiger partial charge in [-0.3, -0.25) is 0 Å². The fraction of sp³-hybridized carbons (Fsp3) is 0.188. The van der Waals surface area contributed by atoms with Crippen LogP contribution in [0.4, 0.5) is 5.69 Å². The number of hydrogen-bond donors (Lipinski definition) is 0. The van der Waals surface area contributed by atoms with Gasteiger partial charge in [-0.05, 0) is 30.7 Å². The van der Waals surface area contributed by atoms with E-state index in [1.807, 2.05) is 0 Å². The number of hydrogen-bond acceptors (Lipinski definition) is 2. The van der Waals surface area contributed by atoms with Crippen LogP contribution in [0, 0.1) is 6.92 Å². The summed E-state index contributed by atoms with van der Waals surface area (Å²) >= 11 is 1.78. The summed E-state index contributed by atoms with van der Waals surface area (Å²) in [5.74, 6) is 0. The Labute approximate surface area is 117 Å². The molecule has 0 fully saturated rings. The number of rotatable bonds is 2. The van der Waals surface area contributed by atoms with Crippen molar-refractivity contribution in [3.8, 4) is 10.6 Å². The molecule has 0 saturated carbocycles. The molecule has 1 aliphatic heterocycles. The van der Waals surface area contributed by atoms with E-state index in [0.29, 0.717) is 0 Å². The molecule has 1 aliphatic rings. The standard InChI is InChI=1S/C16H17N2S/c1-13-14(16-17(2)11-12-19-16)7-6-8-15(13)18-9-4-3-5-10-18/h3-9,11-12H,10H2,1-2H3/q+1. The van der Waals surface area contributed by atoms with E-state index in [1.165, 1.54) is 21.8 Å². The van der Waals surface area contributed by atoms with Crippen molar-refractivity contribution in [1.82, 2.24) is 0 Å². The summed E-state index contributed by atoms with van der Waals surface area (Å²) in [7, 11) is 2.10. The smallest absolute Gasteiger partial charge is 0.269 e. The Morgan fingerprint density at radius 1 is 1.26 bits per heavy atom. The van der Waals surface area contributed by atoms with Gasteiger partial charge < -0.3 is 4.90 Å². The van der Waals surface area contributed by atoms with Crippen molar-refractivity contribution >= 4 is 17.0 Å². The van der Waals surface area contributed by atoms with Crippen LogP contribution in [-0.4, -0.2) is 6.54 Å². The number of aromatic nitrogens is 1. The third kappa shape index (κ3) is 2.22. The average molecular weight is 269 g/mol. The number of aryl methyl sites for hydroxylation is 1. The zero-order valence-electron chi connectivity index (χ0n) is 11.2. The third-order valence-corrected chi connectivity index (χ3v) is 4.43. The predicted octanol–water partition coefficient (Wildman–Crippen LogP) is 3.44. The average Bonchev–Trinajstić information content (AvgIpc) is 2.86. The summed E-state index contributed by atoms with van der Waals surface area (Å²) in [6.45, 7) is 3.15. The quantitative estimate of drug-likeness (QED) is 0.758. The minimum Gasteiger partial charge on any atom is -0.344 e. The Morgan fingerprint density at radius 2 is 2.16 bits per heavy atom. The van der Waals surface area contributed by atoms with Gasteiger partial charge in [0.05, 0.1) is 10.9 Å². The monoisotopic (exact) mass is 269 g/mol. The van der Waals surface area contributed by atoms with Crippen molar-refractivity contribution in [2.45, 2.75) is 6.92 Å². The number of anilines is 1. The molecular formula is C16H17N2S+. The summed E-state index contributed by atoms with van der Waals surface area (Å²) in [5.41, 5.74) is 3.94. The van der Waals surface area contributed by atoms with Gasteiger partial charge in [-0.2, -0.15) is 4.57 Å². The lowest BCUT2D eigenvalue weighted by atomic mass is 10.1. The van der Waals surface area contributed by atoms with E-state index in [4.69, 9.17) is 0 Å². The van der Waals surface area contributed by atoms with E-state index in [-0.39, 0.29) is 0 Å². The van der Waals surface area contributed by atoms with Gasteiger partial charge in [0.1, 0.15) is 7.05 Å². The zero-order chi connectivity index (χ0) is 13.2. The Hall–Kier alpha value is -1.87. The summed E-state index contributed by atoms with van der Waals surface area (Å²) in [4.78, 5) is 2.28. The van der Waals surface area contributed by atoms with E-state index >= 15 is 0 Å². The first-order chi connectivity index (χ1) is 9.27. The van der Waals surface area contributed by atoms with E-state index in [0.717, 1.165) is 6.54 Å². The van der Waals surface area contributed by atoms with Gasteiger partial charge in [0.15, 0.2) is 6.20 Å². The van der Waals surface area contributed by atoms with Gasteiger partial charge in [-0.15, -0.1) is 0 Å². The lowest BCUT2D eigenvalue weighted by molar-refractivity contribution is -0.655. The molecule has 1 aromatic carbocycles. The molecule has 0 amide bonds. The van der Waals surface area contributed by atoms with Gasteiger partial charge in [0.25, 0.3) is 5.01 Å². The number of benzene rings is 1. The second-order valence-corrected chi connectivity index (χ2v) is 5.59. The maximum atomic E-state index is 2.28. The largest absolute Gasteiger partial charge is 0.344 e. The van der Waals surface area contributed by atoms with Crippen LogP contribution >= 0.6 is 11.3 Å². The van der Waals surface area contributed by atoms with E-state index in [2.05, 4.69) is 77.6 Å². The first-order valence-electron chi connectivity index (χ1n) is 6.40. The third-order valence-electron chi connectivity index (χ3n) is 3.44. The van der Waals surface area contributed by atoms with Crippen molar-refractivity contribution in [2.75, 3.05) is 11.4 Å². The number of allylic oxidation sites excluding steroid dienone is 2. The van der Waals surface area contributed by atoms with E-state index in [9.17, 15) is 0 Å². The molecule has 0 N–H and O–H groups in total. The molecule has 0 bridgehead atoms. The molecular weight excluding hydrogens is 252 g/mol. The van der Waals surface area contributed by atoms with Gasteiger partial charge in [-0.1, -0.05) is 29.6 Å². The first kappa shape index (κ1) is 12.2. The molecule has 3 rings (SSSR count). The van der Waals surface area contributed by atoms with Gasteiger partial charge in [0.2, 0.25) is 0 Å². The van der Waals surface area contributed by atoms with Crippen LogP contribution in [0.1, 0.15) is 5.56 Å². The summed E-state index contributed by atoms with van der Waals surface area (Å²) in [6, 6.07) is 6.54. The minimum absolute atomic E-state index is 0.942. The fourth-order valence-electron chi connectivity index (χ4n) is 2.40. The Morgan fingerprint density at radius 3 is 2.84 bits per heavy atom. The van der Waals surface area contributed by atoms with Crippen LogP contribution in [0.15, 0.2) is 54.2 Å². The molecule has 0 radical (unpaired) electrons. The molecule has 2 heterocycles. The highest BCUT2D eigenvalue weighted by atomic mass is 32.1. The Balaban J connectivity index is 2.07. The highest BCUT2D eigenvalue weighted by Crippen LogP contribution is 2.31. The molecule has 0 atom stereocenters. The highest BCUT2D eigenvalue weighted by molar-refractivity contribution is 7.12. The SMILES string of the molecule is Cc1c(-c2scc[n+]2C)cccc1N1C=CC=CC1. The topological polar surface area (TPSA) is 7.12 Å². The maximum absolute atomic E-state index is 2.28. The van der Waals surface area contributed by atoms with Gasteiger partial charge >= 0.3 is 0 Å². The van der Waals surface area contributed by atoms with Crippen LogP contribution in [0.5, 0.6) is 0 Å². The predicted molar refractivity (Wildman–Crippen MR) is 81.3 cm³/mol. The molecule has 0 unspecified atom stereocenters. The van der Waals surface area contributed by atoms with Crippen molar-refractivity contribution < 1.29 is 4.57 Å². The second kappa shape index (κ2) is 5.02. The van der Waals surface area contributed by atoms with Crippen molar-refractivity contribution in [1.29, 1.82) is 0 Å². The molecule has 96 valence electrons. The van der Waals surface area contributed by atoms with Gasteiger partial charge in [0, 0.05) is 18.4 Å². The van der Waals surface area contributed by atoms with Crippen LogP contribution in [0.2, 0.25) is 0 Å². The molecule has 0 aliphatic carbocycles. The maximum Gasteiger partial charge on any atom is 0.269 e. The number of nitrogens with zero attached hydrogens (tertiary/aromatic N) is 2.